The van der Waals surface area contributed by atoms with E-state index in [0.717, 1.165) is 26.3 Å². The van der Waals surface area contributed by atoms with Gasteiger partial charge in [-0.1, -0.05) is 115 Å². The van der Waals surface area contributed by atoms with Gasteiger partial charge in [0.15, 0.2) is 0 Å². The van der Waals surface area contributed by atoms with Gasteiger partial charge in [-0.2, -0.15) is 0 Å². The van der Waals surface area contributed by atoms with Gasteiger partial charge in [0, 0.05) is 26.3 Å². The van der Waals surface area contributed by atoms with Crippen molar-refractivity contribution in [3.8, 4) is 0 Å². The van der Waals surface area contributed by atoms with Crippen LogP contribution in [0.2, 0.25) is 0 Å². The molecule has 0 N–H and O–H groups in total. The predicted octanol–water partition coefficient (Wildman–Crippen LogP) is 9.66. The summed E-state index contributed by atoms with van der Waals surface area (Å²) in [6, 6.07) is 0. The summed E-state index contributed by atoms with van der Waals surface area (Å²) < 4.78 is 12.5. The first-order chi connectivity index (χ1) is 17.8. The first-order valence-electron chi connectivity index (χ1n) is 16.0. The smallest absolute Gasteiger partial charge is 0.0975 e. The molecule has 212 valence electrons. The number of unbranched alkanes of at least 4 members (excludes halogenated alkanes) is 16. The van der Waals surface area contributed by atoms with E-state index in [1.807, 2.05) is 0 Å². The Morgan fingerprint density at radius 3 is 1.22 bits per heavy atom. The van der Waals surface area contributed by atoms with Crippen molar-refractivity contribution in [2.75, 3.05) is 33.4 Å². The molecule has 0 saturated carbocycles. The first kappa shape index (κ1) is 33.4. The monoisotopic (exact) mass is 505 g/mol. The molecule has 0 unspecified atom stereocenters. The molecule has 1 saturated heterocycles. The molecule has 3 heteroatoms. The quantitative estimate of drug-likeness (QED) is 0.0862. The van der Waals surface area contributed by atoms with Crippen LogP contribution in [0.1, 0.15) is 142 Å². The van der Waals surface area contributed by atoms with Gasteiger partial charge >= 0.3 is 0 Å². The molecule has 36 heavy (non-hydrogen) atoms. The number of likely N-dealkylation sites (N-methyl/N-ethyl adjacent to an activating group) is 1. The van der Waals surface area contributed by atoms with Crippen LogP contribution in [0.25, 0.3) is 0 Å². The van der Waals surface area contributed by atoms with Crippen molar-refractivity contribution in [2.24, 2.45) is 0 Å². The van der Waals surface area contributed by atoms with Crippen molar-refractivity contribution in [3.05, 3.63) is 24.3 Å². The summed E-state index contributed by atoms with van der Waals surface area (Å²) in [4.78, 5) is 2.36. The number of nitrogens with zero attached hydrogens (tertiary/aromatic N) is 1. The van der Waals surface area contributed by atoms with Crippen LogP contribution < -0.4 is 0 Å². The van der Waals surface area contributed by atoms with Gasteiger partial charge in [-0.3, -0.25) is 0 Å². The minimum atomic E-state index is 0.264. The highest BCUT2D eigenvalue weighted by Crippen LogP contribution is 2.17. The zero-order valence-electron chi connectivity index (χ0n) is 24.7. The second-order valence-electron chi connectivity index (χ2n) is 11.1. The molecule has 1 aliphatic heterocycles. The van der Waals surface area contributed by atoms with E-state index < -0.39 is 0 Å². The zero-order chi connectivity index (χ0) is 25.9. The van der Waals surface area contributed by atoms with Crippen molar-refractivity contribution < 1.29 is 9.47 Å². The molecule has 0 amide bonds. The van der Waals surface area contributed by atoms with Gasteiger partial charge in [-0.05, 0) is 58.4 Å². The fourth-order valence-corrected chi connectivity index (χ4v) is 4.97. The largest absolute Gasteiger partial charge is 0.374 e. The molecule has 1 heterocycles. The van der Waals surface area contributed by atoms with Gasteiger partial charge in [0.2, 0.25) is 0 Å². The molecule has 3 nitrogen and oxygen atoms in total. The maximum atomic E-state index is 6.26. The van der Waals surface area contributed by atoms with Crippen LogP contribution in [0.15, 0.2) is 24.3 Å². The minimum absolute atomic E-state index is 0.264. The van der Waals surface area contributed by atoms with Crippen molar-refractivity contribution in [2.45, 2.75) is 154 Å². The molecular weight excluding hydrogens is 442 g/mol. The fraction of sp³-hybridized carbons (Fsp3) is 0.879. The van der Waals surface area contributed by atoms with E-state index in [0.29, 0.717) is 0 Å². The van der Waals surface area contributed by atoms with E-state index >= 15 is 0 Å². The summed E-state index contributed by atoms with van der Waals surface area (Å²) in [6.07, 6.45) is 36.2. The first-order valence-corrected chi connectivity index (χ1v) is 16.0. The molecule has 0 aromatic carbocycles. The molecule has 1 fully saturated rings. The number of hydrogen-bond donors (Lipinski definition) is 0. The van der Waals surface area contributed by atoms with Crippen LogP contribution in [0.3, 0.4) is 0 Å². The van der Waals surface area contributed by atoms with Crippen LogP contribution in [0.4, 0.5) is 0 Å². The highest BCUT2D eigenvalue weighted by atomic mass is 16.5. The van der Waals surface area contributed by atoms with Crippen LogP contribution >= 0.6 is 0 Å². The van der Waals surface area contributed by atoms with Crippen LogP contribution in [-0.2, 0) is 9.47 Å². The Morgan fingerprint density at radius 2 is 0.833 bits per heavy atom. The van der Waals surface area contributed by atoms with Crippen molar-refractivity contribution in [3.63, 3.8) is 0 Å². The summed E-state index contributed by atoms with van der Waals surface area (Å²) in [6.45, 7) is 8.35. The molecule has 0 bridgehead atoms. The molecule has 0 radical (unpaired) electrons. The summed E-state index contributed by atoms with van der Waals surface area (Å²) in [5, 5.41) is 0. The lowest BCUT2D eigenvalue weighted by Crippen LogP contribution is -2.30. The maximum Gasteiger partial charge on any atom is 0.0975 e. The average Bonchev–Trinajstić information content (AvgIpc) is 3.23. The number of ether oxygens (including phenoxy) is 2. The molecular formula is C33H63NO2. The SMILES string of the molecule is CCCC/C=C\CCCCCCCCO[C@@H]1CN(C)C[C@H]1OCCCCCCCC/C=C\CCCC. The van der Waals surface area contributed by atoms with Gasteiger partial charge in [0.1, 0.15) is 0 Å². The van der Waals surface area contributed by atoms with Gasteiger partial charge in [-0.25, -0.2) is 0 Å². The average molecular weight is 506 g/mol. The van der Waals surface area contributed by atoms with E-state index in [9.17, 15) is 0 Å². The number of rotatable bonds is 26. The number of hydrogen-bond acceptors (Lipinski definition) is 3. The fourth-order valence-electron chi connectivity index (χ4n) is 4.97. The van der Waals surface area contributed by atoms with Crippen molar-refractivity contribution in [1.29, 1.82) is 0 Å². The lowest BCUT2D eigenvalue weighted by Gasteiger charge is -2.20. The van der Waals surface area contributed by atoms with E-state index in [2.05, 4.69) is 50.1 Å². The van der Waals surface area contributed by atoms with E-state index in [1.54, 1.807) is 0 Å². The van der Waals surface area contributed by atoms with Gasteiger partial charge in [-0.15, -0.1) is 0 Å². The lowest BCUT2D eigenvalue weighted by atomic mass is 10.1. The van der Waals surface area contributed by atoms with Crippen LogP contribution in [0, 0.1) is 0 Å². The third-order valence-corrected chi connectivity index (χ3v) is 7.37. The summed E-state index contributed by atoms with van der Waals surface area (Å²) in [5.74, 6) is 0. The maximum absolute atomic E-state index is 6.26. The Bertz CT molecular complexity index is 460. The highest BCUT2D eigenvalue weighted by molar-refractivity contribution is 4.84. The Balaban J connectivity index is 1.92. The normalized spacial score (nSPS) is 18.9. The molecule has 0 spiro atoms. The van der Waals surface area contributed by atoms with E-state index in [-0.39, 0.29) is 12.2 Å². The van der Waals surface area contributed by atoms with E-state index in [1.165, 1.54) is 128 Å². The molecule has 2 atom stereocenters. The topological polar surface area (TPSA) is 21.7 Å². The summed E-state index contributed by atoms with van der Waals surface area (Å²) >= 11 is 0. The predicted molar refractivity (Wildman–Crippen MR) is 159 cm³/mol. The standard InChI is InChI=1S/C33H63NO2/c1-4-6-8-10-12-14-16-18-20-22-24-26-28-35-32-30-34(3)31-33(32)36-29-27-25-23-21-19-17-15-13-11-9-7-5-2/h10-13,32-33H,4-9,14-31H2,1-3H3/b12-10-,13-11-/t32-,33-/m1/s1. The zero-order valence-corrected chi connectivity index (χ0v) is 24.7. The molecule has 1 rings (SSSR count). The third kappa shape index (κ3) is 20.4. The van der Waals surface area contributed by atoms with Gasteiger partial charge < -0.3 is 14.4 Å². The highest BCUT2D eigenvalue weighted by Gasteiger charge is 2.32. The van der Waals surface area contributed by atoms with Gasteiger partial charge in [0.25, 0.3) is 0 Å². The van der Waals surface area contributed by atoms with Crippen LogP contribution in [-0.4, -0.2) is 50.5 Å². The lowest BCUT2D eigenvalue weighted by molar-refractivity contribution is -0.0481. The third-order valence-electron chi connectivity index (χ3n) is 7.37. The number of allylic oxidation sites excluding steroid dienone is 4. The Labute approximate surface area is 226 Å². The second kappa shape index (κ2) is 26.0. The Morgan fingerprint density at radius 1 is 0.500 bits per heavy atom. The summed E-state index contributed by atoms with van der Waals surface area (Å²) in [5.41, 5.74) is 0. The van der Waals surface area contributed by atoms with Gasteiger partial charge in [0.05, 0.1) is 12.2 Å². The molecule has 0 aromatic rings. The summed E-state index contributed by atoms with van der Waals surface area (Å²) in [7, 11) is 2.19. The molecule has 1 aliphatic rings. The Hall–Kier alpha value is -0.640. The second-order valence-corrected chi connectivity index (χ2v) is 11.1. The number of likely N-dealkylation sites (tertiary alicyclic amines) is 1. The molecule has 0 aromatic heterocycles. The molecule has 0 aliphatic carbocycles. The van der Waals surface area contributed by atoms with Crippen molar-refractivity contribution >= 4 is 0 Å². The minimum Gasteiger partial charge on any atom is -0.374 e. The van der Waals surface area contributed by atoms with E-state index in [4.69, 9.17) is 9.47 Å². The Kier molecular flexibility index (Phi) is 24.1. The van der Waals surface area contributed by atoms with Crippen LogP contribution in [0.5, 0.6) is 0 Å². The van der Waals surface area contributed by atoms with Crippen molar-refractivity contribution in [1.82, 2.24) is 4.90 Å².